The van der Waals surface area contributed by atoms with Crippen LogP contribution in [0.1, 0.15) is 0 Å². The Morgan fingerprint density at radius 2 is 2.07 bits per heavy atom. The van der Waals surface area contributed by atoms with Crippen LogP contribution in [0.4, 0.5) is 0 Å². The van der Waals surface area contributed by atoms with Gasteiger partial charge >= 0.3 is 6.01 Å². The third kappa shape index (κ3) is 1.64. The summed E-state index contributed by atoms with van der Waals surface area (Å²) in [7, 11) is 0. The molecule has 72 valence electrons. The predicted molar refractivity (Wildman–Crippen MR) is 48.3 cm³/mol. The fraction of sp³-hybridized carbons (Fsp3) is 0.143. The first-order valence-corrected chi connectivity index (χ1v) is 4.31. The zero-order valence-electron chi connectivity index (χ0n) is 7.04. The average molecular weight is 212 g/mol. The van der Waals surface area contributed by atoms with Crippen molar-refractivity contribution in [3.05, 3.63) is 24.8 Å². The molecule has 2 aromatic heterocycles. The van der Waals surface area contributed by atoms with Gasteiger partial charge in [0.05, 0.1) is 0 Å². The van der Waals surface area contributed by atoms with Gasteiger partial charge < -0.3 is 4.74 Å². The minimum Gasteiger partial charge on any atom is -0.447 e. The lowest BCUT2D eigenvalue weighted by molar-refractivity contribution is 0.343. The Labute approximate surface area is 84.5 Å². The molecule has 0 aliphatic carbocycles. The van der Waals surface area contributed by atoms with Crippen molar-refractivity contribution in [3.8, 4) is 12.0 Å². The van der Waals surface area contributed by atoms with E-state index in [-0.39, 0.29) is 12.1 Å². The molecule has 0 bridgehead atoms. The van der Waals surface area contributed by atoms with E-state index >= 15 is 0 Å². The first-order chi connectivity index (χ1) is 6.92. The highest BCUT2D eigenvalue weighted by Gasteiger charge is 2.08. The van der Waals surface area contributed by atoms with Crippen LogP contribution >= 0.6 is 11.6 Å². The van der Waals surface area contributed by atoms with Crippen LogP contribution in [0, 0.1) is 0 Å². The predicted octanol–water partition coefficient (Wildman–Crippen LogP) is 0.632. The monoisotopic (exact) mass is 211 g/mol. The molecule has 0 N–H and O–H groups in total. The summed E-state index contributed by atoms with van der Waals surface area (Å²) >= 11 is 5.41. The van der Waals surface area contributed by atoms with Gasteiger partial charge in [0.1, 0.15) is 6.33 Å². The fourth-order valence-corrected chi connectivity index (χ4v) is 1.01. The van der Waals surface area contributed by atoms with E-state index < -0.39 is 0 Å². The topological polar surface area (TPSA) is 65.7 Å². The highest BCUT2D eigenvalue weighted by molar-refractivity contribution is 6.17. The Morgan fingerprint density at radius 3 is 2.79 bits per heavy atom. The molecular formula is C7H6ClN5O. The van der Waals surface area contributed by atoms with Gasteiger partial charge in [-0.2, -0.15) is 4.98 Å². The van der Waals surface area contributed by atoms with E-state index in [0.717, 1.165) is 0 Å². The number of aromatic nitrogens is 5. The Morgan fingerprint density at radius 1 is 1.29 bits per heavy atom. The largest absolute Gasteiger partial charge is 0.447 e. The summed E-state index contributed by atoms with van der Waals surface area (Å²) in [5.74, 6) is 0.394. The molecule has 0 aliphatic rings. The smallest absolute Gasteiger partial charge is 0.323 e. The summed E-state index contributed by atoms with van der Waals surface area (Å²) in [6.07, 6.45) is 4.56. The van der Waals surface area contributed by atoms with Crippen molar-refractivity contribution < 1.29 is 4.74 Å². The molecule has 0 fully saturated rings. The van der Waals surface area contributed by atoms with Crippen LogP contribution in [0.2, 0.25) is 0 Å². The van der Waals surface area contributed by atoms with Gasteiger partial charge in [-0.25, -0.2) is 9.97 Å². The summed E-state index contributed by atoms with van der Waals surface area (Å²) in [5.41, 5.74) is 0. The second kappa shape index (κ2) is 4.01. The van der Waals surface area contributed by atoms with Gasteiger partial charge in [-0.05, 0) is 6.07 Å². The number of ether oxygens (including phenoxy) is 1. The van der Waals surface area contributed by atoms with Crippen LogP contribution in [-0.4, -0.2) is 30.8 Å². The second-order valence-electron chi connectivity index (χ2n) is 2.26. The molecule has 0 atom stereocenters. The summed E-state index contributed by atoms with van der Waals surface area (Å²) in [4.78, 5) is 11.8. The van der Waals surface area contributed by atoms with Crippen LogP contribution in [0.15, 0.2) is 24.8 Å². The van der Waals surface area contributed by atoms with Crippen molar-refractivity contribution >= 4 is 11.6 Å². The van der Waals surface area contributed by atoms with E-state index in [1.165, 1.54) is 11.0 Å². The number of alkyl halides is 1. The number of halogens is 1. The lowest BCUT2D eigenvalue weighted by atomic mass is 10.7. The molecule has 14 heavy (non-hydrogen) atoms. The second-order valence-corrected chi connectivity index (χ2v) is 2.47. The van der Waals surface area contributed by atoms with Gasteiger partial charge in [0, 0.05) is 12.4 Å². The summed E-state index contributed by atoms with van der Waals surface area (Å²) in [6.45, 7) is 0. The molecule has 2 rings (SSSR count). The molecule has 0 amide bonds. The van der Waals surface area contributed by atoms with Crippen molar-refractivity contribution in [2.75, 3.05) is 6.07 Å². The van der Waals surface area contributed by atoms with Gasteiger partial charge in [0.2, 0.25) is 0 Å². The molecule has 6 nitrogen and oxygen atoms in total. The first-order valence-electron chi connectivity index (χ1n) is 3.78. The molecule has 0 spiro atoms. The number of hydrogen-bond donors (Lipinski definition) is 0. The van der Waals surface area contributed by atoms with E-state index in [0.29, 0.717) is 5.95 Å². The molecule has 7 heteroatoms. The molecule has 0 unspecified atom stereocenters. The van der Waals surface area contributed by atoms with Crippen LogP contribution in [-0.2, 0) is 0 Å². The number of nitrogens with zero attached hydrogens (tertiary/aromatic N) is 5. The van der Waals surface area contributed by atoms with Crippen LogP contribution < -0.4 is 4.74 Å². The van der Waals surface area contributed by atoms with Gasteiger partial charge in [-0.15, -0.1) is 9.78 Å². The minimum atomic E-state index is 0.00548. The normalized spacial score (nSPS) is 10.1. The molecule has 0 saturated carbocycles. The van der Waals surface area contributed by atoms with E-state index in [4.69, 9.17) is 16.3 Å². The third-order valence-electron chi connectivity index (χ3n) is 1.44. The van der Waals surface area contributed by atoms with E-state index in [1.54, 1.807) is 18.5 Å². The number of hydrogen-bond acceptors (Lipinski definition) is 5. The fourth-order valence-electron chi connectivity index (χ4n) is 0.916. The van der Waals surface area contributed by atoms with E-state index in [9.17, 15) is 0 Å². The maximum absolute atomic E-state index is 5.41. The molecule has 0 aromatic carbocycles. The standard InChI is InChI=1S/C7H6ClN5O/c8-4-14-7-11-5-12-13(7)6-9-2-1-3-10-6/h1-3,5H,4H2. The van der Waals surface area contributed by atoms with E-state index in [1.807, 2.05) is 0 Å². The average Bonchev–Trinajstić information content (AvgIpc) is 2.68. The molecular weight excluding hydrogens is 206 g/mol. The van der Waals surface area contributed by atoms with Crippen LogP contribution in [0.3, 0.4) is 0 Å². The molecule has 0 radical (unpaired) electrons. The van der Waals surface area contributed by atoms with Crippen molar-refractivity contribution in [1.29, 1.82) is 0 Å². The van der Waals surface area contributed by atoms with Crippen molar-refractivity contribution in [1.82, 2.24) is 24.7 Å². The maximum Gasteiger partial charge on any atom is 0.323 e. The third-order valence-corrected chi connectivity index (χ3v) is 1.55. The Hall–Kier alpha value is -1.69. The summed E-state index contributed by atoms with van der Waals surface area (Å²) in [5, 5.41) is 3.90. The molecule has 2 heterocycles. The van der Waals surface area contributed by atoms with Crippen LogP contribution in [0.25, 0.3) is 5.95 Å². The van der Waals surface area contributed by atoms with Crippen LogP contribution in [0.5, 0.6) is 6.01 Å². The molecule has 2 aromatic rings. The minimum absolute atomic E-state index is 0.00548. The van der Waals surface area contributed by atoms with E-state index in [2.05, 4.69) is 20.1 Å². The zero-order valence-corrected chi connectivity index (χ0v) is 7.79. The molecule has 0 saturated heterocycles. The molecule has 0 aliphatic heterocycles. The Kier molecular flexibility index (Phi) is 2.55. The highest BCUT2D eigenvalue weighted by atomic mass is 35.5. The van der Waals surface area contributed by atoms with Crippen molar-refractivity contribution in [2.45, 2.75) is 0 Å². The van der Waals surface area contributed by atoms with Crippen molar-refractivity contribution in [3.63, 3.8) is 0 Å². The van der Waals surface area contributed by atoms with Gasteiger partial charge in [0.15, 0.2) is 6.07 Å². The zero-order chi connectivity index (χ0) is 9.80. The lowest BCUT2D eigenvalue weighted by Crippen LogP contribution is -2.05. The summed E-state index contributed by atoms with van der Waals surface area (Å²) < 4.78 is 6.37. The lowest BCUT2D eigenvalue weighted by Gasteiger charge is -2.01. The Balaban J connectivity index is 2.37. The first kappa shape index (κ1) is 8.89. The Bertz CT molecular complexity index is 403. The quantitative estimate of drug-likeness (QED) is 0.697. The van der Waals surface area contributed by atoms with Gasteiger partial charge in [-0.1, -0.05) is 11.6 Å². The van der Waals surface area contributed by atoms with Gasteiger partial charge in [-0.3, -0.25) is 0 Å². The highest BCUT2D eigenvalue weighted by Crippen LogP contribution is 2.09. The number of rotatable bonds is 3. The summed E-state index contributed by atoms with van der Waals surface area (Å²) in [6, 6.07) is 1.99. The van der Waals surface area contributed by atoms with Crippen molar-refractivity contribution in [2.24, 2.45) is 0 Å². The SMILES string of the molecule is ClCOc1ncnn1-c1ncccn1. The maximum atomic E-state index is 5.41. The van der Waals surface area contributed by atoms with Gasteiger partial charge in [0.25, 0.3) is 5.95 Å².